The summed E-state index contributed by atoms with van der Waals surface area (Å²) in [5.74, 6) is 0.126. The minimum Gasteiger partial charge on any atom is -0.492 e. The van der Waals surface area contributed by atoms with Gasteiger partial charge in [0.05, 0.1) is 5.75 Å². The molecular formula is C16H18FNO3S. The molecule has 0 radical (unpaired) electrons. The Morgan fingerprint density at radius 3 is 2.32 bits per heavy atom. The van der Waals surface area contributed by atoms with Crippen molar-refractivity contribution >= 4 is 10.0 Å². The minimum atomic E-state index is -3.46. The van der Waals surface area contributed by atoms with E-state index in [1.54, 1.807) is 0 Å². The van der Waals surface area contributed by atoms with E-state index in [-0.39, 0.29) is 24.7 Å². The van der Waals surface area contributed by atoms with Crippen molar-refractivity contribution in [3.8, 4) is 5.75 Å². The topological polar surface area (TPSA) is 55.4 Å². The molecule has 0 heterocycles. The number of hydrogen-bond acceptors (Lipinski definition) is 3. The number of sulfonamides is 1. The minimum absolute atomic E-state index is 0.178. The molecule has 0 aliphatic carbocycles. The second kappa shape index (κ2) is 7.38. The number of benzene rings is 2. The van der Waals surface area contributed by atoms with E-state index < -0.39 is 10.0 Å². The second-order valence-electron chi connectivity index (χ2n) is 4.94. The predicted molar refractivity (Wildman–Crippen MR) is 83.7 cm³/mol. The van der Waals surface area contributed by atoms with Gasteiger partial charge in [-0.15, -0.1) is 0 Å². The first kappa shape index (κ1) is 16.5. The van der Waals surface area contributed by atoms with Crippen LogP contribution in [0.2, 0.25) is 0 Å². The molecule has 0 amide bonds. The summed E-state index contributed by atoms with van der Waals surface area (Å²) in [5.41, 5.74) is 1.67. The first-order chi connectivity index (χ1) is 10.4. The number of halogens is 1. The molecule has 0 spiro atoms. The van der Waals surface area contributed by atoms with E-state index in [2.05, 4.69) is 4.72 Å². The Bertz CT molecular complexity index is 697. The van der Waals surface area contributed by atoms with E-state index in [1.165, 1.54) is 24.3 Å². The first-order valence-electron chi connectivity index (χ1n) is 6.86. The Labute approximate surface area is 130 Å². The third kappa shape index (κ3) is 5.46. The normalized spacial score (nSPS) is 11.4. The molecule has 0 bridgehead atoms. The molecule has 0 aromatic heterocycles. The van der Waals surface area contributed by atoms with Crippen LogP contribution in [0, 0.1) is 12.7 Å². The highest BCUT2D eigenvalue weighted by molar-refractivity contribution is 7.88. The average molecular weight is 323 g/mol. The molecule has 0 fully saturated rings. The lowest BCUT2D eigenvalue weighted by atomic mass is 10.2. The van der Waals surface area contributed by atoms with Gasteiger partial charge in [-0.3, -0.25) is 0 Å². The van der Waals surface area contributed by atoms with Gasteiger partial charge in [0.2, 0.25) is 10.0 Å². The van der Waals surface area contributed by atoms with Crippen molar-refractivity contribution in [1.82, 2.24) is 4.72 Å². The second-order valence-corrected chi connectivity index (χ2v) is 6.75. The van der Waals surface area contributed by atoms with Gasteiger partial charge in [0.15, 0.2) is 0 Å². The van der Waals surface area contributed by atoms with E-state index in [9.17, 15) is 12.8 Å². The Hall–Kier alpha value is -1.92. The molecule has 0 aliphatic heterocycles. The van der Waals surface area contributed by atoms with Gasteiger partial charge in [-0.2, -0.15) is 0 Å². The van der Waals surface area contributed by atoms with Gasteiger partial charge in [0, 0.05) is 6.54 Å². The number of ether oxygens (including phenoxy) is 1. The summed E-state index contributed by atoms with van der Waals surface area (Å²) in [7, 11) is -3.46. The molecular weight excluding hydrogens is 305 g/mol. The molecule has 0 unspecified atom stereocenters. The van der Waals surface area contributed by atoms with E-state index >= 15 is 0 Å². The smallest absolute Gasteiger partial charge is 0.215 e. The standard InChI is InChI=1S/C16H18FNO3S/c1-13-2-8-16(9-3-13)21-11-10-18-22(19,20)12-14-4-6-15(17)7-5-14/h2-9,18H,10-12H2,1H3. The molecule has 2 aromatic carbocycles. The highest BCUT2D eigenvalue weighted by Crippen LogP contribution is 2.11. The predicted octanol–water partition coefficient (Wildman–Crippen LogP) is 2.63. The maximum atomic E-state index is 12.8. The highest BCUT2D eigenvalue weighted by Gasteiger charge is 2.11. The van der Waals surface area contributed by atoms with Gasteiger partial charge >= 0.3 is 0 Å². The van der Waals surface area contributed by atoms with Crippen LogP contribution in [-0.4, -0.2) is 21.6 Å². The van der Waals surface area contributed by atoms with Gasteiger partial charge in [-0.05, 0) is 36.8 Å². The van der Waals surface area contributed by atoms with Gasteiger partial charge in [0.1, 0.15) is 18.2 Å². The molecule has 22 heavy (non-hydrogen) atoms. The SMILES string of the molecule is Cc1ccc(OCCNS(=O)(=O)Cc2ccc(F)cc2)cc1. The van der Waals surface area contributed by atoms with Gasteiger partial charge in [0.25, 0.3) is 0 Å². The molecule has 2 aromatic rings. The fraction of sp³-hybridized carbons (Fsp3) is 0.250. The molecule has 1 N–H and O–H groups in total. The van der Waals surface area contributed by atoms with Crippen molar-refractivity contribution < 1.29 is 17.5 Å². The Balaban J connectivity index is 1.77. The highest BCUT2D eigenvalue weighted by atomic mass is 32.2. The Morgan fingerprint density at radius 1 is 1.05 bits per heavy atom. The molecule has 118 valence electrons. The van der Waals surface area contributed by atoms with Gasteiger partial charge < -0.3 is 4.74 Å². The Morgan fingerprint density at radius 2 is 1.68 bits per heavy atom. The maximum absolute atomic E-state index is 12.8. The van der Waals surface area contributed by atoms with Crippen molar-refractivity contribution in [3.63, 3.8) is 0 Å². The molecule has 0 saturated carbocycles. The van der Waals surface area contributed by atoms with E-state index in [4.69, 9.17) is 4.74 Å². The van der Waals surface area contributed by atoms with Crippen molar-refractivity contribution in [2.45, 2.75) is 12.7 Å². The number of hydrogen-bond donors (Lipinski definition) is 1. The van der Waals surface area contributed by atoms with E-state index in [1.807, 2.05) is 31.2 Å². The first-order valence-corrected chi connectivity index (χ1v) is 8.51. The van der Waals surface area contributed by atoms with Crippen molar-refractivity contribution in [2.75, 3.05) is 13.2 Å². The number of aryl methyl sites for hydroxylation is 1. The van der Waals surface area contributed by atoms with Crippen LogP contribution < -0.4 is 9.46 Å². The zero-order chi connectivity index (χ0) is 16.0. The molecule has 0 aliphatic rings. The van der Waals surface area contributed by atoms with Crippen LogP contribution in [-0.2, 0) is 15.8 Å². The zero-order valence-corrected chi connectivity index (χ0v) is 13.1. The fourth-order valence-corrected chi connectivity index (χ4v) is 2.98. The van der Waals surface area contributed by atoms with Crippen LogP contribution in [0.4, 0.5) is 4.39 Å². The van der Waals surface area contributed by atoms with E-state index in [0.29, 0.717) is 11.3 Å². The molecule has 4 nitrogen and oxygen atoms in total. The molecule has 0 atom stereocenters. The van der Waals surface area contributed by atoms with Crippen LogP contribution in [0.25, 0.3) is 0 Å². The molecule has 2 rings (SSSR count). The van der Waals surface area contributed by atoms with Crippen molar-refractivity contribution in [2.24, 2.45) is 0 Å². The zero-order valence-electron chi connectivity index (χ0n) is 12.3. The number of nitrogens with one attached hydrogen (secondary N) is 1. The quantitative estimate of drug-likeness (QED) is 0.797. The monoisotopic (exact) mass is 323 g/mol. The summed E-state index contributed by atoms with van der Waals surface area (Å²) >= 11 is 0. The molecule has 0 saturated heterocycles. The van der Waals surface area contributed by atoms with Crippen LogP contribution in [0.1, 0.15) is 11.1 Å². The molecule has 6 heteroatoms. The maximum Gasteiger partial charge on any atom is 0.215 e. The van der Waals surface area contributed by atoms with Gasteiger partial charge in [-0.25, -0.2) is 17.5 Å². The van der Waals surface area contributed by atoms with Crippen molar-refractivity contribution in [3.05, 3.63) is 65.5 Å². The summed E-state index contributed by atoms with van der Waals surface area (Å²) in [4.78, 5) is 0. The third-order valence-corrected chi connectivity index (χ3v) is 4.34. The average Bonchev–Trinajstić information content (AvgIpc) is 2.48. The summed E-state index contributed by atoms with van der Waals surface area (Å²) in [6.07, 6.45) is 0. The Kier molecular flexibility index (Phi) is 5.51. The number of rotatable bonds is 7. The lowest BCUT2D eigenvalue weighted by Gasteiger charge is -2.09. The largest absolute Gasteiger partial charge is 0.492 e. The van der Waals surface area contributed by atoms with Crippen molar-refractivity contribution in [1.29, 1.82) is 0 Å². The van der Waals surface area contributed by atoms with Crippen LogP contribution >= 0.6 is 0 Å². The summed E-state index contributed by atoms with van der Waals surface area (Å²) < 4.78 is 44.4. The van der Waals surface area contributed by atoms with E-state index in [0.717, 1.165) is 5.56 Å². The lowest BCUT2D eigenvalue weighted by Crippen LogP contribution is -2.29. The third-order valence-electron chi connectivity index (χ3n) is 2.98. The van der Waals surface area contributed by atoms with Gasteiger partial charge in [-0.1, -0.05) is 29.8 Å². The summed E-state index contributed by atoms with van der Waals surface area (Å²) in [5, 5.41) is 0. The van der Waals surface area contributed by atoms with Crippen LogP contribution in [0.5, 0.6) is 5.75 Å². The summed E-state index contributed by atoms with van der Waals surface area (Å²) in [6, 6.07) is 12.9. The fourth-order valence-electron chi connectivity index (χ4n) is 1.85. The van der Waals surface area contributed by atoms with Crippen LogP contribution in [0.3, 0.4) is 0 Å². The van der Waals surface area contributed by atoms with Crippen LogP contribution in [0.15, 0.2) is 48.5 Å². The summed E-state index contributed by atoms with van der Waals surface area (Å²) in [6.45, 7) is 2.40. The lowest BCUT2D eigenvalue weighted by molar-refractivity contribution is 0.322.